The van der Waals surface area contributed by atoms with Crippen molar-refractivity contribution in [3.05, 3.63) is 53.6 Å². The maximum absolute atomic E-state index is 13.2. The van der Waals surface area contributed by atoms with E-state index in [-0.39, 0.29) is 11.8 Å². The SMILES string of the molecule is CN(C)CCNc1nc2cc(OC(=O)C(C)(C)C)ccc2c2c1C(=O)c1ccccc1-2. The summed E-state index contributed by atoms with van der Waals surface area (Å²) in [5.74, 6) is 0.676. The molecule has 1 heterocycles. The largest absolute Gasteiger partial charge is 0.426 e. The highest BCUT2D eigenvalue weighted by atomic mass is 16.5. The summed E-state index contributed by atoms with van der Waals surface area (Å²) in [4.78, 5) is 32.4. The van der Waals surface area contributed by atoms with Gasteiger partial charge in [0.2, 0.25) is 0 Å². The number of aromatic nitrogens is 1. The molecule has 6 heteroatoms. The van der Waals surface area contributed by atoms with Gasteiger partial charge >= 0.3 is 5.97 Å². The van der Waals surface area contributed by atoms with Crippen LogP contribution in [0.4, 0.5) is 5.82 Å². The van der Waals surface area contributed by atoms with Gasteiger partial charge in [-0.15, -0.1) is 0 Å². The van der Waals surface area contributed by atoms with E-state index in [2.05, 4.69) is 10.2 Å². The summed E-state index contributed by atoms with van der Waals surface area (Å²) >= 11 is 0. The summed E-state index contributed by atoms with van der Waals surface area (Å²) in [6, 6.07) is 13.0. The smallest absolute Gasteiger partial charge is 0.316 e. The van der Waals surface area contributed by atoms with Gasteiger partial charge in [-0.05, 0) is 52.6 Å². The minimum Gasteiger partial charge on any atom is -0.426 e. The number of ketones is 1. The first kappa shape index (κ1) is 21.0. The van der Waals surface area contributed by atoms with Gasteiger partial charge in [0, 0.05) is 35.7 Å². The number of hydrogen-bond donors (Lipinski definition) is 1. The summed E-state index contributed by atoms with van der Waals surface area (Å²) < 4.78 is 5.58. The normalized spacial score (nSPS) is 12.8. The summed E-state index contributed by atoms with van der Waals surface area (Å²) in [5, 5.41) is 4.20. The molecule has 1 aliphatic carbocycles. The second-order valence-corrected chi connectivity index (χ2v) is 9.13. The van der Waals surface area contributed by atoms with Crippen LogP contribution in [0.5, 0.6) is 5.75 Å². The average molecular weight is 418 g/mol. The van der Waals surface area contributed by atoms with Crippen molar-refractivity contribution in [1.29, 1.82) is 0 Å². The Morgan fingerprint density at radius 3 is 2.45 bits per heavy atom. The Balaban J connectivity index is 1.85. The molecule has 0 unspecified atom stereocenters. The molecule has 1 aliphatic rings. The molecule has 31 heavy (non-hydrogen) atoms. The van der Waals surface area contributed by atoms with Gasteiger partial charge in [-0.25, -0.2) is 4.98 Å². The molecule has 4 rings (SSSR count). The standard InChI is InChI=1S/C25H27N3O3/c1-25(2,3)24(30)31-15-10-11-18-19(14-15)27-23(26-12-13-28(4)5)21-20(18)16-8-6-7-9-17(16)22(21)29/h6-11,14H,12-13H2,1-5H3,(H,26,27). The van der Waals surface area contributed by atoms with Crippen LogP contribution in [-0.2, 0) is 4.79 Å². The molecule has 0 bridgehead atoms. The number of ether oxygens (including phenoxy) is 1. The lowest BCUT2D eigenvalue weighted by Crippen LogP contribution is -2.25. The van der Waals surface area contributed by atoms with Crippen LogP contribution in [0.1, 0.15) is 36.7 Å². The molecule has 0 saturated heterocycles. The van der Waals surface area contributed by atoms with Crippen LogP contribution in [0, 0.1) is 5.41 Å². The number of likely N-dealkylation sites (N-methyl/N-ethyl adjacent to an activating group) is 1. The third-order valence-electron chi connectivity index (χ3n) is 5.30. The van der Waals surface area contributed by atoms with Gasteiger partial charge in [0.15, 0.2) is 5.78 Å². The number of carbonyl (C=O) groups is 2. The lowest BCUT2D eigenvalue weighted by molar-refractivity contribution is -0.142. The molecule has 0 amide bonds. The summed E-state index contributed by atoms with van der Waals surface area (Å²) in [5.41, 5.74) is 3.15. The van der Waals surface area contributed by atoms with Crippen molar-refractivity contribution in [2.45, 2.75) is 20.8 Å². The van der Waals surface area contributed by atoms with E-state index < -0.39 is 5.41 Å². The molecular weight excluding hydrogens is 390 g/mol. The topological polar surface area (TPSA) is 71.5 Å². The predicted molar refractivity (Wildman–Crippen MR) is 123 cm³/mol. The number of fused-ring (bicyclic) bond motifs is 5. The Bertz CT molecular complexity index is 1190. The van der Waals surface area contributed by atoms with E-state index >= 15 is 0 Å². The molecule has 0 radical (unpaired) electrons. The Morgan fingerprint density at radius 1 is 1.06 bits per heavy atom. The van der Waals surface area contributed by atoms with Crippen LogP contribution < -0.4 is 10.1 Å². The molecule has 6 nitrogen and oxygen atoms in total. The van der Waals surface area contributed by atoms with Crippen LogP contribution in [0.2, 0.25) is 0 Å². The lowest BCUT2D eigenvalue weighted by Gasteiger charge is -2.17. The number of pyridine rings is 1. The Labute approximate surface area is 182 Å². The first-order chi connectivity index (χ1) is 14.7. The van der Waals surface area contributed by atoms with Crippen molar-refractivity contribution in [2.75, 3.05) is 32.5 Å². The molecule has 3 aromatic rings. The fourth-order valence-electron chi connectivity index (χ4n) is 3.63. The number of nitrogens with one attached hydrogen (secondary N) is 1. The van der Waals surface area contributed by atoms with Crippen LogP contribution in [0.3, 0.4) is 0 Å². The molecule has 1 N–H and O–H groups in total. The molecule has 0 atom stereocenters. The average Bonchev–Trinajstić information content (AvgIpc) is 3.00. The van der Waals surface area contributed by atoms with Crippen LogP contribution in [0.15, 0.2) is 42.5 Å². The zero-order valence-electron chi connectivity index (χ0n) is 18.6. The second kappa shape index (κ2) is 7.78. The summed E-state index contributed by atoms with van der Waals surface area (Å²) in [7, 11) is 3.99. The molecular formula is C25H27N3O3. The molecule has 1 aromatic heterocycles. The first-order valence-electron chi connectivity index (χ1n) is 10.4. The monoisotopic (exact) mass is 417 g/mol. The summed E-state index contributed by atoms with van der Waals surface area (Å²) in [6.07, 6.45) is 0. The number of hydrogen-bond acceptors (Lipinski definition) is 6. The number of rotatable bonds is 5. The molecule has 0 fully saturated rings. The van der Waals surface area contributed by atoms with E-state index in [9.17, 15) is 9.59 Å². The highest BCUT2D eigenvalue weighted by Crippen LogP contribution is 2.44. The van der Waals surface area contributed by atoms with E-state index in [1.165, 1.54) is 0 Å². The van der Waals surface area contributed by atoms with Crippen molar-refractivity contribution in [2.24, 2.45) is 5.41 Å². The number of carbonyl (C=O) groups excluding carboxylic acids is 2. The summed E-state index contributed by atoms with van der Waals surface area (Å²) in [6.45, 7) is 6.91. The maximum atomic E-state index is 13.2. The van der Waals surface area contributed by atoms with Crippen molar-refractivity contribution in [3.63, 3.8) is 0 Å². The fraction of sp³-hybridized carbons (Fsp3) is 0.320. The number of nitrogens with zero attached hydrogens (tertiary/aromatic N) is 2. The van der Waals surface area contributed by atoms with Gasteiger partial charge in [-0.1, -0.05) is 24.3 Å². The quantitative estimate of drug-likeness (QED) is 0.384. The molecule has 2 aromatic carbocycles. The predicted octanol–water partition coefficient (Wildman–Crippen LogP) is 4.37. The van der Waals surface area contributed by atoms with Crippen LogP contribution in [-0.4, -0.2) is 48.8 Å². The number of anilines is 1. The van der Waals surface area contributed by atoms with E-state index in [4.69, 9.17) is 9.72 Å². The maximum Gasteiger partial charge on any atom is 0.316 e. The number of esters is 1. The van der Waals surface area contributed by atoms with E-state index in [1.54, 1.807) is 12.1 Å². The zero-order valence-corrected chi connectivity index (χ0v) is 18.6. The van der Waals surface area contributed by atoms with Gasteiger partial charge in [0.25, 0.3) is 0 Å². The third-order valence-corrected chi connectivity index (χ3v) is 5.30. The minimum atomic E-state index is -0.607. The van der Waals surface area contributed by atoms with Crippen LogP contribution in [0.25, 0.3) is 22.0 Å². The highest BCUT2D eigenvalue weighted by Gasteiger charge is 2.32. The van der Waals surface area contributed by atoms with E-state index in [1.807, 2.05) is 65.2 Å². The number of benzene rings is 2. The minimum absolute atomic E-state index is 0.0180. The molecule has 160 valence electrons. The van der Waals surface area contributed by atoms with Gasteiger partial charge in [0.1, 0.15) is 11.6 Å². The third kappa shape index (κ3) is 3.91. The molecule has 0 spiro atoms. The molecule has 0 saturated carbocycles. The van der Waals surface area contributed by atoms with Gasteiger partial charge in [0.05, 0.1) is 16.5 Å². The Hall–Kier alpha value is -3.25. The zero-order chi connectivity index (χ0) is 22.3. The van der Waals surface area contributed by atoms with Gasteiger partial charge < -0.3 is 15.0 Å². The van der Waals surface area contributed by atoms with Crippen molar-refractivity contribution < 1.29 is 14.3 Å². The fourth-order valence-corrected chi connectivity index (χ4v) is 3.63. The van der Waals surface area contributed by atoms with Crippen LogP contribution >= 0.6 is 0 Å². The van der Waals surface area contributed by atoms with E-state index in [0.717, 1.165) is 23.1 Å². The first-order valence-corrected chi connectivity index (χ1v) is 10.4. The van der Waals surface area contributed by atoms with Gasteiger partial charge in [-0.2, -0.15) is 0 Å². The molecule has 0 aliphatic heterocycles. The highest BCUT2D eigenvalue weighted by molar-refractivity contribution is 6.28. The van der Waals surface area contributed by atoms with E-state index in [0.29, 0.717) is 34.8 Å². The lowest BCUT2D eigenvalue weighted by atomic mass is 9.97. The van der Waals surface area contributed by atoms with Crippen molar-refractivity contribution >= 4 is 28.5 Å². The van der Waals surface area contributed by atoms with Crippen molar-refractivity contribution in [1.82, 2.24) is 9.88 Å². The van der Waals surface area contributed by atoms with Gasteiger partial charge in [-0.3, -0.25) is 9.59 Å². The van der Waals surface area contributed by atoms with Crippen molar-refractivity contribution in [3.8, 4) is 16.9 Å². The Kier molecular flexibility index (Phi) is 5.27. The second-order valence-electron chi connectivity index (χ2n) is 9.13. The Morgan fingerprint density at radius 2 is 1.77 bits per heavy atom.